The summed E-state index contributed by atoms with van der Waals surface area (Å²) in [5.74, 6) is 0.842. The lowest BCUT2D eigenvalue weighted by Gasteiger charge is -2.40. The fourth-order valence-electron chi connectivity index (χ4n) is 3.13. The van der Waals surface area contributed by atoms with Gasteiger partial charge in [-0.15, -0.1) is 0 Å². The highest BCUT2D eigenvalue weighted by atomic mass is 32.2. The van der Waals surface area contributed by atoms with E-state index in [1.165, 1.54) is 14.2 Å². The van der Waals surface area contributed by atoms with Crippen molar-refractivity contribution in [2.24, 2.45) is 11.1 Å². The zero-order valence-corrected chi connectivity index (χ0v) is 16.2. The highest BCUT2D eigenvalue weighted by Gasteiger charge is 2.30. The molecule has 0 saturated carbocycles. The van der Waals surface area contributed by atoms with Gasteiger partial charge in [0, 0.05) is 31.1 Å². The minimum Gasteiger partial charge on any atom is -0.493 e. The van der Waals surface area contributed by atoms with Gasteiger partial charge in [0.1, 0.15) is 5.82 Å². The van der Waals surface area contributed by atoms with E-state index in [0.29, 0.717) is 47.7 Å². The molecule has 0 radical (unpaired) electrons. The Morgan fingerprint density at radius 2 is 1.89 bits per heavy atom. The Kier molecular flexibility index (Phi) is 5.82. The molecule has 154 valence electrons. The van der Waals surface area contributed by atoms with Crippen LogP contribution in [0.25, 0.3) is 10.9 Å². The molecular weight excluding hydrogens is 396 g/mol. The Morgan fingerprint density at radius 1 is 1.25 bits per heavy atom. The van der Waals surface area contributed by atoms with Crippen LogP contribution in [0.2, 0.25) is 0 Å². The number of nitrogens with one attached hydrogen (secondary N) is 1. The van der Waals surface area contributed by atoms with Gasteiger partial charge in [0.25, 0.3) is 16.6 Å². The summed E-state index contributed by atoms with van der Waals surface area (Å²) < 4.78 is 61.1. The first kappa shape index (κ1) is 20.4. The third kappa shape index (κ3) is 4.39. The van der Waals surface area contributed by atoms with Crippen LogP contribution >= 0.6 is 0 Å². The number of hydrogen-bond donors (Lipinski definition) is 2. The Hall–Kier alpha value is -2.31. The highest BCUT2D eigenvalue weighted by molar-refractivity contribution is 7.87. The predicted molar refractivity (Wildman–Crippen MR) is 99.0 cm³/mol. The maximum Gasteiger partial charge on any atom is 0.297 e. The fraction of sp³-hybridized carbons (Fsp3) is 0.500. The lowest BCUT2D eigenvalue weighted by atomic mass is 9.96. The topological polar surface area (TPSA) is 120 Å². The molecule has 1 aliphatic heterocycles. The fourth-order valence-corrected chi connectivity index (χ4v) is 3.53. The van der Waals surface area contributed by atoms with E-state index in [2.05, 4.69) is 14.7 Å². The average Bonchev–Trinajstić information content (AvgIpc) is 2.60. The molecule has 0 aliphatic carbocycles. The number of nitrogens with two attached hydrogens (primary N) is 1. The number of hydrogen-bond acceptors (Lipinski definition) is 7. The first-order valence-corrected chi connectivity index (χ1v) is 10.0. The van der Waals surface area contributed by atoms with Crippen LogP contribution in [0.1, 0.15) is 18.7 Å². The Bertz CT molecular complexity index is 967. The third-order valence-electron chi connectivity index (χ3n) is 4.51. The molecule has 1 saturated heterocycles. The molecule has 1 fully saturated rings. The van der Waals surface area contributed by atoms with Gasteiger partial charge in [-0.3, -0.25) is 0 Å². The van der Waals surface area contributed by atoms with Crippen molar-refractivity contribution >= 4 is 26.9 Å². The maximum absolute atomic E-state index is 13.3. The van der Waals surface area contributed by atoms with Gasteiger partial charge in [0.05, 0.1) is 19.7 Å². The van der Waals surface area contributed by atoms with Crippen LogP contribution in [0.4, 0.5) is 14.6 Å². The Morgan fingerprint density at radius 3 is 2.46 bits per heavy atom. The molecular formula is C16H21F2N5O4S. The second-order valence-corrected chi connectivity index (χ2v) is 7.81. The number of alkyl halides is 2. The Balaban J connectivity index is 1.86. The summed E-state index contributed by atoms with van der Waals surface area (Å²) in [7, 11) is -0.785. The SMILES string of the molecule is COc1cc2nc(C(F)F)nc(N3CC(CCNS(N)(=O)=O)C3)c2cc1OC. The molecule has 12 heteroatoms. The van der Waals surface area contributed by atoms with Gasteiger partial charge in [-0.05, 0) is 18.4 Å². The molecule has 0 atom stereocenters. The van der Waals surface area contributed by atoms with Crippen LogP contribution in [-0.2, 0) is 10.2 Å². The molecule has 3 rings (SSSR count). The Labute approximate surface area is 161 Å². The number of benzene rings is 1. The highest BCUT2D eigenvalue weighted by Crippen LogP contribution is 2.38. The average molecular weight is 417 g/mol. The zero-order valence-electron chi connectivity index (χ0n) is 15.4. The molecule has 1 aliphatic rings. The number of fused-ring (bicyclic) bond motifs is 1. The van der Waals surface area contributed by atoms with Crippen LogP contribution in [0.3, 0.4) is 0 Å². The second kappa shape index (κ2) is 7.97. The minimum absolute atomic E-state index is 0.189. The number of methoxy groups -OCH3 is 2. The van der Waals surface area contributed by atoms with Crippen LogP contribution in [0.5, 0.6) is 11.5 Å². The summed E-state index contributed by atoms with van der Waals surface area (Å²) in [4.78, 5) is 9.84. The van der Waals surface area contributed by atoms with Crippen molar-refractivity contribution in [3.05, 3.63) is 18.0 Å². The predicted octanol–water partition coefficient (Wildman–Crippen LogP) is 1.20. The van der Waals surface area contributed by atoms with Crippen LogP contribution in [0.15, 0.2) is 12.1 Å². The molecule has 0 spiro atoms. The van der Waals surface area contributed by atoms with Gasteiger partial charge in [-0.25, -0.2) is 28.6 Å². The van der Waals surface area contributed by atoms with Crippen LogP contribution in [0, 0.1) is 5.92 Å². The third-order valence-corrected chi connectivity index (χ3v) is 5.11. The van der Waals surface area contributed by atoms with Crippen LogP contribution in [-0.4, -0.2) is 52.2 Å². The van der Waals surface area contributed by atoms with E-state index in [9.17, 15) is 17.2 Å². The monoisotopic (exact) mass is 417 g/mol. The van der Waals surface area contributed by atoms with Gasteiger partial charge >= 0.3 is 0 Å². The van der Waals surface area contributed by atoms with Crippen molar-refractivity contribution in [2.75, 3.05) is 38.8 Å². The largest absolute Gasteiger partial charge is 0.493 e. The first-order chi connectivity index (χ1) is 13.2. The number of halogens is 2. The molecule has 0 amide bonds. The molecule has 9 nitrogen and oxygen atoms in total. The van der Waals surface area contributed by atoms with E-state index in [0.717, 1.165) is 0 Å². The molecule has 2 aromatic rings. The van der Waals surface area contributed by atoms with Gasteiger partial charge in [-0.2, -0.15) is 8.42 Å². The number of nitrogens with zero attached hydrogens (tertiary/aromatic N) is 3. The van der Waals surface area contributed by atoms with E-state index in [1.54, 1.807) is 12.1 Å². The van der Waals surface area contributed by atoms with Crippen molar-refractivity contribution in [1.29, 1.82) is 0 Å². The quantitative estimate of drug-likeness (QED) is 0.662. The number of ether oxygens (including phenoxy) is 2. The van der Waals surface area contributed by atoms with Crippen molar-refractivity contribution in [1.82, 2.24) is 14.7 Å². The first-order valence-electron chi connectivity index (χ1n) is 8.46. The molecule has 0 bridgehead atoms. The normalized spacial score (nSPS) is 15.1. The smallest absolute Gasteiger partial charge is 0.297 e. The van der Waals surface area contributed by atoms with E-state index in [-0.39, 0.29) is 12.5 Å². The van der Waals surface area contributed by atoms with E-state index >= 15 is 0 Å². The summed E-state index contributed by atoms with van der Waals surface area (Å²) in [5.41, 5.74) is 0.331. The lowest BCUT2D eigenvalue weighted by Crippen LogP contribution is -2.48. The molecule has 1 aromatic heterocycles. The van der Waals surface area contributed by atoms with Crippen molar-refractivity contribution in [3.8, 4) is 11.5 Å². The summed E-state index contributed by atoms with van der Waals surface area (Å²) in [6.45, 7) is 1.32. The second-order valence-electron chi connectivity index (χ2n) is 6.43. The number of rotatable bonds is 8. The van der Waals surface area contributed by atoms with E-state index < -0.39 is 22.5 Å². The molecule has 3 N–H and O–H groups in total. The molecule has 2 heterocycles. The van der Waals surface area contributed by atoms with Crippen molar-refractivity contribution in [2.45, 2.75) is 12.8 Å². The molecule has 0 unspecified atom stereocenters. The summed E-state index contributed by atoms with van der Waals surface area (Å²) in [6.07, 6.45) is -2.23. The number of anilines is 1. The number of aromatic nitrogens is 2. The van der Waals surface area contributed by atoms with Crippen molar-refractivity contribution < 1.29 is 26.7 Å². The lowest BCUT2D eigenvalue weighted by molar-refractivity contribution is 0.140. The minimum atomic E-state index is -3.72. The van der Waals surface area contributed by atoms with E-state index in [1.807, 2.05) is 4.90 Å². The standard InChI is InChI=1S/C16H21F2N5O4S/c1-26-12-5-10-11(6-13(12)27-2)21-15(14(17)18)22-16(10)23-7-9(8-23)3-4-20-28(19,24)25/h5-6,9,14,20H,3-4,7-8H2,1-2H3,(H2,19,24,25). The van der Waals surface area contributed by atoms with Crippen LogP contribution < -0.4 is 24.2 Å². The summed E-state index contributed by atoms with van der Waals surface area (Å²) in [5, 5.41) is 5.47. The van der Waals surface area contributed by atoms with Gasteiger partial charge in [0.15, 0.2) is 17.3 Å². The van der Waals surface area contributed by atoms with E-state index in [4.69, 9.17) is 14.6 Å². The molecule has 1 aromatic carbocycles. The van der Waals surface area contributed by atoms with Gasteiger partial charge < -0.3 is 14.4 Å². The summed E-state index contributed by atoms with van der Waals surface area (Å²) >= 11 is 0. The zero-order chi connectivity index (χ0) is 20.5. The van der Waals surface area contributed by atoms with Crippen molar-refractivity contribution in [3.63, 3.8) is 0 Å². The summed E-state index contributed by atoms with van der Waals surface area (Å²) in [6, 6.07) is 3.20. The maximum atomic E-state index is 13.3. The van der Waals surface area contributed by atoms with Gasteiger partial charge in [-0.1, -0.05) is 0 Å². The molecule has 28 heavy (non-hydrogen) atoms. The van der Waals surface area contributed by atoms with Gasteiger partial charge in [0.2, 0.25) is 0 Å².